The fourth-order valence-electron chi connectivity index (χ4n) is 8.77. The van der Waals surface area contributed by atoms with Gasteiger partial charge < -0.3 is 24.4 Å². The molecule has 0 saturated heterocycles. The third-order valence-corrected chi connectivity index (χ3v) is 10.8. The van der Waals surface area contributed by atoms with Gasteiger partial charge in [-0.05, 0) is 61.6 Å². The zero-order chi connectivity index (χ0) is 32.5. The summed E-state index contributed by atoms with van der Waals surface area (Å²) in [4.78, 5) is 53.8. The van der Waals surface area contributed by atoms with E-state index in [9.17, 15) is 29.4 Å². The Kier molecular flexibility index (Phi) is 7.21. The second-order valence-corrected chi connectivity index (χ2v) is 13.4. The van der Waals surface area contributed by atoms with Crippen molar-refractivity contribution >= 4 is 23.7 Å². The molecule has 2 aromatic carbocycles. The van der Waals surface area contributed by atoms with Gasteiger partial charge in [0.15, 0.2) is 17.5 Å². The van der Waals surface area contributed by atoms with Crippen molar-refractivity contribution < 1.29 is 43.6 Å². The maximum Gasteiger partial charge on any atom is 0.338 e. The predicted octanol–water partition coefficient (Wildman–Crippen LogP) is 4.23. The fourth-order valence-corrected chi connectivity index (χ4v) is 8.77. The van der Waals surface area contributed by atoms with Crippen LogP contribution in [-0.4, -0.2) is 63.9 Å². The van der Waals surface area contributed by atoms with Crippen LogP contribution in [0.25, 0.3) is 0 Å². The average Bonchev–Trinajstić information content (AvgIpc) is 3.45. The summed E-state index contributed by atoms with van der Waals surface area (Å²) in [6.07, 6.45) is 0.522. The summed E-state index contributed by atoms with van der Waals surface area (Å²) in [7, 11) is 0. The van der Waals surface area contributed by atoms with Gasteiger partial charge in [-0.3, -0.25) is 9.59 Å². The molecular formula is C36H38O9. The first-order valence-electron chi connectivity index (χ1n) is 15.2. The van der Waals surface area contributed by atoms with E-state index >= 15 is 0 Å². The fraction of sp³-hybridized carbons (Fsp3) is 0.444. The van der Waals surface area contributed by atoms with Gasteiger partial charge in [-0.15, -0.1) is 0 Å². The summed E-state index contributed by atoms with van der Waals surface area (Å²) in [5, 5.41) is 24.5. The van der Waals surface area contributed by atoms with E-state index in [1.54, 1.807) is 93.6 Å². The Balaban J connectivity index is 1.42. The number of fused-ring (bicyclic) bond motifs is 3. The molecule has 4 aliphatic carbocycles. The van der Waals surface area contributed by atoms with Gasteiger partial charge >= 0.3 is 17.9 Å². The molecule has 1 spiro atoms. The van der Waals surface area contributed by atoms with Crippen molar-refractivity contribution in [3.05, 3.63) is 95.1 Å². The molecule has 9 nitrogen and oxygen atoms in total. The number of allylic oxidation sites excluding steroid dienone is 1. The molecule has 45 heavy (non-hydrogen) atoms. The predicted molar refractivity (Wildman–Crippen MR) is 162 cm³/mol. The van der Waals surface area contributed by atoms with E-state index in [0.29, 0.717) is 16.7 Å². The second kappa shape index (κ2) is 10.5. The SMILES string of the molecule is CC(=O)OC12CC(C)C34C=C(C)C(OC(=O)c5ccccc5)C3(O)C(O)C(C)=CC(C4=O)C1C2(C)COC(=O)c1ccccc1. The van der Waals surface area contributed by atoms with Crippen LogP contribution in [0.3, 0.4) is 0 Å². The lowest BCUT2D eigenvalue weighted by Gasteiger charge is -2.49. The van der Waals surface area contributed by atoms with Crippen molar-refractivity contribution in [1.82, 2.24) is 0 Å². The number of ketones is 1. The van der Waals surface area contributed by atoms with Crippen LogP contribution in [-0.2, 0) is 23.8 Å². The first kappa shape index (κ1) is 30.9. The number of carbonyl (C=O) groups excluding carboxylic acids is 4. The number of hydrogen-bond acceptors (Lipinski definition) is 9. The minimum Gasteiger partial charge on any atom is -0.461 e. The van der Waals surface area contributed by atoms with Crippen LogP contribution in [0, 0.1) is 28.6 Å². The molecule has 0 amide bonds. The van der Waals surface area contributed by atoms with E-state index in [2.05, 4.69) is 0 Å². The van der Waals surface area contributed by atoms with Crippen LogP contribution in [0.15, 0.2) is 84.0 Å². The normalized spacial score (nSPS) is 37.9. The molecule has 2 N–H and O–H groups in total. The number of Topliss-reactive ketones (excluding diaryl/α,β-unsaturated/α-hetero) is 1. The topological polar surface area (TPSA) is 136 Å². The minimum atomic E-state index is -2.24. The highest BCUT2D eigenvalue weighted by molar-refractivity contribution is 5.96. The largest absolute Gasteiger partial charge is 0.461 e. The molecule has 0 aliphatic heterocycles. The Bertz CT molecular complexity index is 1630. The third kappa shape index (κ3) is 4.20. The number of aliphatic hydroxyl groups excluding tert-OH is 1. The number of esters is 3. The van der Waals surface area contributed by atoms with E-state index in [4.69, 9.17) is 14.2 Å². The van der Waals surface area contributed by atoms with Crippen molar-refractivity contribution in [2.75, 3.05) is 6.61 Å². The summed E-state index contributed by atoms with van der Waals surface area (Å²) in [6, 6.07) is 16.8. The van der Waals surface area contributed by atoms with Crippen LogP contribution in [0.1, 0.15) is 61.8 Å². The average molecular weight is 615 g/mol. The van der Waals surface area contributed by atoms with Gasteiger partial charge in [-0.25, -0.2) is 9.59 Å². The molecule has 0 heterocycles. The van der Waals surface area contributed by atoms with Crippen LogP contribution in [0.4, 0.5) is 0 Å². The molecule has 0 radical (unpaired) electrons. The smallest absolute Gasteiger partial charge is 0.338 e. The molecule has 0 aromatic heterocycles. The van der Waals surface area contributed by atoms with Crippen molar-refractivity contribution in [3.63, 3.8) is 0 Å². The lowest BCUT2D eigenvalue weighted by Crippen LogP contribution is -2.65. The molecule has 6 rings (SSSR count). The molecule has 9 heteroatoms. The second-order valence-electron chi connectivity index (χ2n) is 13.4. The number of carbonyl (C=O) groups is 4. The number of benzene rings is 2. The molecular weight excluding hydrogens is 576 g/mol. The lowest BCUT2D eigenvalue weighted by atomic mass is 9.59. The maximum atomic E-state index is 15.0. The molecule has 9 atom stereocenters. The highest BCUT2D eigenvalue weighted by Gasteiger charge is 2.85. The highest BCUT2D eigenvalue weighted by Crippen LogP contribution is 2.75. The quantitative estimate of drug-likeness (QED) is 0.278. The van der Waals surface area contributed by atoms with Crippen molar-refractivity contribution in [3.8, 4) is 0 Å². The van der Waals surface area contributed by atoms with Crippen molar-refractivity contribution in [1.29, 1.82) is 0 Å². The van der Waals surface area contributed by atoms with Gasteiger partial charge in [-0.1, -0.05) is 62.4 Å². The van der Waals surface area contributed by atoms with Crippen molar-refractivity contribution in [2.24, 2.45) is 28.6 Å². The molecule has 4 aliphatic rings. The Labute approximate surface area is 261 Å². The molecule has 2 fully saturated rings. The number of hydrogen-bond donors (Lipinski definition) is 2. The molecule has 236 valence electrons. The molecule has 9 unspecified atom stereocenters. The van der Waals surface area contributed by atoms with Crippen LogP contribution in [0.2, 0.25) is 0 Å². The van der Waals surface area contributed by atoms with E-state index in [-0.39, 0.29) is 24.4 Å². The van der Waals surface area contributed by atoms with Gasteiger partial charge in [-0.2, -0.15) is 0 Å². The van der Waals surface area contributed by atoms with Gasteiger partial charge in [0.1, 0.15) is 18.3 Å². The summed E-state index contributed by atoms with van der Waals surface area (Å²) >= 11 is 0. The lowest BCUT2D eigenvalue weighted by molar-refractivity contribution is -0.191. The first-order valence-corrected chi connectivity index (χ1v) is 15.2. The van der Waals surface area contributed by atoms with Gasteiger partial charge in [0.2, 0.25) is 0 Å². The standard InChI is InChI=1S/C36H38O9/c1-20-16-26-27-33(5,19-43-31(40)24-12-8-6-9-13-24)35(27,45-23(4)37)18-22(3)34(29(26)39)17-21(2)30(36(34,42)28(20)38)44-32(41)25-14-10-7-11-15-25/h6-17,22,26-28,30,38,42H,18-19H2,1-5H3. The highest BCUT2D eigenvalue weighted by atomic mass is 16.6. The van der Waals surface area contributed by atoms with E-state index in [1.165, 1.54) is 6.92 Å². The summed E-state index contributed by atoms with van der Waals surface area (Å²) in [5.41, 5.74) is -4.68. The summed E-state index contributed by atoms with van der Waals surface area (Å²) in [5.74, 6) is -4.38. The molecule has 2 aromatic rings. The first-order chi connectivity index (χ1) is 21.2. The maximum absolute atomic E-state index is 15.0. The third-order valence-electron chi connectivity index (χ3n) is 10.8. The van der Waals surface area contributed by atoms with E-state index in [0.717, 1.165) is 0 Å². The van der Waals surface area contributed by atoms with Gasteiger partial charge in [0.05, 0.1) is 16.5 Å². The Morgan fingerprint density at radius 2 is 1.51 bits per heavy atom. The van der Waals surface area contributed by atoms with E-state index in [1.807, 2.05) is 6.92 Å². The van der Waals surface area contributed by atoms with E-state index < -0.39 is 69.9 Å². The van der Waals surface area contributed by atoms with Crippen LogP contribution < -0.4 is 0 Å². The van der Waals surface area contributed by atoms with Crippen LogP contribution >= 0.6 is 0 Å². The monoisotopic (exact) mass is 614 g/mol. The number of rotatable bonds is 6. The zero-order valence-corrected chi connectivity index (χ0v) is 26.0. The van der Waals surface area contributed by atoms with Crippen molar-refractivity contribution in [2.45, 2.75) is 64.4 Å². The molecule has 2 saturated carbocycles. The Morgan fingerprint density at radius 3 is 2.09 bits per heavy atom. The summed E-state index contributed by atoms with van der Waals surface area (Å²) in [6.45, 7) is 8.10. The Morgan fingerprint density at radius 1 is 0.933 bits per heavy atom. The van der Waals surface area contributed by atoms with Gasteiger partial charge in [0.25, 0.3) is 0 Å². The zero-order valence-electron chi connectivity index (χ0n) is 26.0. The Hall–Kier alpha value is -4.08. The minimum absolute atomic E-state index is 0.117. The van der Waals surface area contributed by atoms with Gasteiger partial charge in [0, 0.05) is 24.2 Å². The number of aliphatic hydroxyl groups is 2. The summed E-state index contributed by atoms with van der Waals surface area (Å²) < 4.78 is 17.8. The van der Waals surface area contributed by atoms with Crippen LogP contribution in [0.5, 0.6) is 0 Å². The molecule has 2 bridgehead atoms. The number of ether oxygens (including phenoxy) is 3.